The molecule has 0 aliphatic heterocycles. The highest BCUT2D eigenvalue weighted by molar-refractivity contribution is 8.13. The van der Waals surface area contributed by atoms with E-state index in [2.05, 4.69) is 17.0 Å². The lowest BCUT2D eigenvalue weighted by Crippen LogP contribution is -1.88. The SMILES string of the molecule is CC(=O)SCCC#Cc1ccccc1C=NO. The van der Waals surface area contributed by atoms with Crippen LogP contribution in [0.2, 0.25) is 0 Å². The van der Waals surface area contributed by atoms with E-state index in [-0.39, 0.29) is 5.12 Å². The molecular weight excluding hydrogens is 234 g/mol. The largest absolute Gasteiger partial charge is 0.411 e. The van der Waals surface area contributed by atoms with Gasteiger partial charge in [0.2, 0.25) is 0 Å². The molecule has 0 amide bonds. The minimum atomic E-state index is 0.111. The van der Waals surface area contributed by atoms with Crippen molar-refractivity contribution in [2.75, 3.05) is 5.75 Å². The molecule has 0 unspecified atom stereocenters. The van der Waals surface area contributed by atoms with E-state index < -0.39 is 0 Å². The van der Waals surface area contributed by atoms with Crippen LogP contribution in [0, 0.1) is 11.8 Å². The molecule has 0 saturated heterocycles. The minimum Gasteiger partial charge on any atom is -0.411 e. The predicted molar refractivity (Wildman–Crippen MR) is 70.5 cm³/mol. The van der Waals surface area contributed by atoms with Gasteiger partial charge in [0.15, 0.2) is 5.12 Å². The third-order valence-corrected chi connectivity index (χ3v) is 2.73. The van der Waals surface area contributed by atoms with Crippen LogP contribution in [0.15, 0.2) is 29.4 Å². The van der Waals surface area contributed by atoms with E-state index >= 15 is 0 Å². The van der Waals surface area contributed by atoms with Gasteiger partial charge in [-0.15, -0.1) is 0 Å². The fraction of sp³-hybridized carbons (Fsp3) is 0.231. The molecule has 0 radical (unpaired) electrons. The summed E-state index contributed by atoms with van der Waals surface area (Å²) >= 11 is 1.27. The predicted octanol–water partition coefficient (Wildman–Crippen LogP) is 2.52. The first kappa shape index (κ1) is 13.3. The molecule has 1 aromatic rings. The van der Waals surface area contributed by atoms with Crippen LogP contribution in [0.1, 0.15) is 24.5 Å². The highest BCUT2D eigenvalue weighted by Gasteiger charge is 1.95. The minimum absolute atomic E-state index is 0.111. The van der Waals surface area contributed by atoms with Crippen molar-refractivity contribution in [3.63, 3.8) is 0 Å². The summed E-state index contributed by atoms with van der Waals surface area (Å²) in [6, 6.07) is 7.42. The van der Waals surface area contributed by atoms with Gasteiger partial charge in [-0.1, -0.05) is 47.0 Å². The van der Waals surface area contributed by atoms with Crippen LogP contribution in [-0.2, 0) is 4.79 Å². The number of oxime groups is 1. The molecule has 0 bridgehead atoms. The highest BCUT2D eigenvalue weighted by atomic mass is 32.2. The van der Waals surface area contributed by atoms with E-state index in [1.165, 1.54) is 18.0 Å². The Balaban J connectivity index is 2.62. The second-order valence-electron chi connectivity index (χ2n) is 3.22. The number of hydrogen-bond acceptors (Lipinski definition) is 4. The number of thioether (sulfide) groups is 1. The zero-order valence-electron chi connectivity index (χ0n) is 9.51. The summed E-state index contributed by atoms with van der Waals surface area (Å²) in [6.45, 7) is 1.55. The molecule has 1 aromatic carbocycles. The van der Waals surface area contributed by atoms with Crippen LogP contribution in [0.25, 0.3) is 0 Å². The molecular formula is C13H13NO2S. The lowest BCUT2D eigenvalue weighted by molar-refractivity contribution is -0.109. The van der Waals surface area contributed by atoms with Gasteiger partial charge in [0, 0.05) is 30.2 Å². The number of hydrogen-bond donors (Lipinski definition) is 1. The zero-order chi connectivity index (χ0) is 12.5. The van der Waals surface area contributed by atoms with Crippen molar-refractivity contribution in [1.82, 2.24) is 0 Å². The molecule has 0 heterocycles. The third-order valence-electron chi connectivity index (χ3n) is 1.91. The molecule has 4 heteroatoms. The van der Waals surface area contributed by atoms with Gasteiger partial charge in [0.05, 0.1) is 6.21 Å². The molecule has 3 nitrogen and oxygen atoms in total. The number of carbonyl (C=O) groups excluding carboxylic acids is 1. The van der Waals surface area contributed by atoms with Gasteiger partial charge in [-0.3, -0.25) is 4.79 Å². The summed E-state index contributed by atoms with van der Waals surface area (Å²) in [7, 11) is 0. The number of carbonyl (C=O) groups is 1. The molecule has 0 atom stereocenters. The Bertz CT molecular complexity index is 472. The van der Waals surface area contributed by atoms with Crippen LogP contribution < -0.4 is 0 Å². The Hall–Kier alpha value is -1.73. The van der Waals surface area contributed by atoms with Gasteiger partial charge < -0.3 is 5.21 Å². The maximum absolute atomic E-state index is 10.7. The number of rotatable bonds is 3. The summed E-state index contributed by atoms with van der Waals surface area (Å²) < 4.78 is 0. The number of benzene rings is 1. The van der Waals surface area contributed by atoms with Crippen molar-refractivity contribution in [2.24, 2.45) is 5.16 Å². The Morgan fingerprint density at radius 1 is 1.53 bits per heavy atom. The maximum atomic E-state index is 10.7. The molecule has 0 spiro atoms. The molecule has 0 saturated carbocycles. The lowest BCUT2D eigenvalue weighted by Gasteiger charge is -1.95. The monoisotopic (exact) mass is 247 g/mol. The van der Waals surface area contributed by atoms with Gasteiger partial charge in [-0.05, 0) is 6.07 Å². The van der Waals surface area contributed by atoms with Crippen molar-refractivity contribution < 1.29 is 10.0 Å². The molecule has 0 aliphatic rings. The van der Waals surface area contributed by atoms with Crippen LogP contribution in [0.4, 0.5) is 0 Å². The summed E-state index contributed by atoms with van der Waals surface area (Å²) in [5, 5.41) is 11.6. The van der Waals surface area contributed by atoms with E-state index in [1.807, 2.05) is 24.3 Å². The fourth-order valence-corrected chi connectivity index (χ4v) is 1.68. The van der Waals surface area contributed by atoms with E-state index in [0.717, 1.165) is 11.1 Å². The number of nitrogens with zero attached hydrogens (tertiary/aromatic N) is 1. The summed E-state index contributed by atoms with van der Waals surface area (Å²) in [4.78, 5) is 10.7. The van der Waals surface area contributed by atoms with Crippen LogP contribution >= 0.6 is 11.8 Å². The quantitative estimate of drug-likeness (QED) is 0.293. The van der Waals surface area contributed by atoms with Crippen molar-refractivity contribution in [2.45, 2.75) is 13.3 Å². The normalized spacial score (nSPS) is 9.94. The molecule has 1 rings (SSSR count). The second kappa shape index (κ2) is 7.53. The molecule has 0 aromatic heterocycles. The topological polar surface area (TPSA) is 49.7 Å². The summed E-state index contributed by atoms with van der Waals surface area (Å²) in [5.41, 5.74) is 1.60. The Morgan fingerprint density at radius 3 is 3.00 bits per heavy atom. The van der Waals surface area contributed by atoms with Crippen molar-refractivity contribution in [1.29, 1.82) is 0 Å². The first-order chi connectivity index (χ1) is 8.24. The Kier molecular flexibility index (Phi) is 5.91. The van der Waals surface area contributed by atoms with Crippen LogP contribution in [0.3, 0.4) is 0 Å². The van der Waals surface area contributed by atoms with E-state index in [4.69, 9.17) is 5.21 Å². The molecule has 1 N–H and O–H groups in total. The van der Waals surface area contributed by atoms with E-state index in [0.29, 0.717) is 12.2 Å². The van der Waals surface area contributed by atoms with Crippen molar-refractivity contribution in [3.8, 4) is 11.8 Å². The summed E-state index contributed by atoms with van der Waals surface area (Å²) in [5.74, 6) is 6.69. The van der Waals surface area contributed by atoms with Gasteiger partial charge in [-0.25, -0.2) is 0 Å². The Morgan fingerprint density at radius 2 is 2.29 bits per heavy atom. The summed E-state index contributed by atoms with van der Waals surface area (Å²) in [6.07, 6.45) is 2.02. The van der Waals surface area contributed by atoms with Crippen molar-refractivity contribution >= 4 is 23.1 Å². The van der Waals surface area contributed by atoms with Gasteiger partial charge in [-0.2, -0.15) is 0 Å². The molecule has 0 fully saturated rings. The molecule has 88 valence electrons. The second-order valence-corrected chi connectivity index (χ2v) is 4.50. The Labute approximate surface area is 105 Å². The smallest absolute Gasteiger partial charge is 0.185 e. The van der Waals surface area contributed by atoms with Gasteiger partial charge >= 0.3 is 0 Å². The average molecular weight is 247 g/mol. The first-order valence-corrected chi connectivity index (χ1v) is 6.11. The van der Waals surface area contributed by atoms with E-state index in [1.54, 1.807) is 6.92 Å². The third kappa shape index (κ3) is 5.23. The van der Waals surface area contributed by atoms with Crippen LogP contribution in [-0.4, -0.2) is 22.3 Å². The maximum Gasteiger partial charge on any atom is 0.185 e. The lowest BCUT2D eigenvalue weighted by atomic mass is 10.1. The van der Waals surface area contributed by atoms with E-state index in [9.17, 15) is 4.79 Å². The van der Waals surface area contributed by atoms with Gasteiger partial charge in [0.1, 0.15) is 0 Å². The fourth-order valence-electron chi connectivity index (χ4n) is 1.19. The van der Waals surface area contributed by atoms with Gasteiger partial charge in [0.25, 0.3) is 0 Å². The average Bonchev–Trinajstić information content (AvgIpc) is 2.31. The highest BCUT2D eigenvalue weighted by Crippen LogP contribution is 2.05. The van der Waals surface area contributed by atoms with Crippen LogP contribution in [0.5, 0.6) is 0 Å². The van der Waals surface area contributed by atoms with Crippen molar-refractivity contribution in [3.05, 3.63) is 35.4 Å². The zero-order valence-corrected chi connectivity index (χ0v) is 10.3. The first-order valence-electron chi connectivity index (χ1n) is 5.12. The standard InChI is InChI=1S/C13H13NO2S/c1-11(15)17-9-5-4-7-12-6-2-3-8-13(12)10-14-16/h2-3,6,8,10,16H,5,9H2,1H3. The molecule has 0 aliphatic carbocycles. The molecule has 17 heavy (non-hydrogen) atoms.